The number of hydrogen-bond donors (Lipinski definition) is 2. The van der Waals surface area contributed by atoms with Crippen LogP contribution in [-0.4, -0.2) is 15.9 Å². The fourth-order valence-corrected chi connectivity index (χ4v) is 2.35. The lowest BCUT2D eigenvalue weighted by Gasteiger charge is -2.10. The van der Waals surface area contributed by atoms with Gasteiger partial charge in [0.15, 0.2) is 5.78 Å². The van der Waals surface area contributed by atoms with Crippen molar-refractivity contribution in [1.82, 2.24) is 4.98 Å². The molecule has 4 heteroatoms. The number of aromatic nitrogens is 1. The zero-order valence-electron chi connectivity index (χ0n) is 10.6. The van der Waals surface area contributed by atoms with Gasteiger partial charge in [-0.05, 0) is 42.8 Å². The Morgan fingerprint density at radius 1 is 1.37 bits per heavy atom. The first-order valence-corrected chi connectivity index (χ1v) is 6.19. The molecule has 0 bridgehead atoms. The number of Topliss-reactive ketones (excluding diaryl/α,β-unsaturated/α-hetero) is 1. The normalized spacial score (nSPS) is 16.8. The molecule has 1 unspecified atom stereocenters. The summed E-state index contributed by atoms with van der Waals surface area (Å²) in [5.74, 6) is 0.299. The lowest BCUT2D eigenvalue weighted by molar-refractivity contribution is 0.101. The fourth-order valence-electron chi connectivity index (χ4n) is 2.35. The summed E-state index contributed by atoms with van der Waals surface area (Å²) in [6, 6.07) is 9.08. The van der Waals surface area contributed by atoms with Gasteiger partial charge in [-0.2, -0.15) is 0 Å². The van der Waals surface area contributed by atoms with E-state index in [0.29, 0.717) is 5.56 Å². The van der Waals surface area contributed by atoms with Crippen LogP contribution in [0.4, 0.5) is 5.69 Å². The number of fused-ring (bicyclic) bond motifs is 1. The van der Waals surface area contributed by atoms with Crippen molar-refractivity contribution in [2.45, 2.75) is 19.4 Å². The van der Waals surface area contributed by atoms with Crippen LogP contribution in [0.25, 0.3) is 0 Å². The first kappa shape index (κ1) is 11.7. The van der Waals surface area contributed by atoms with Gasteiger partial charge in [0.05, 0.1) is 11.7 Å². The molecule has 2 heterocycles. The second-order valence-electron chi connectivity index (χ2n) is 4.77. The summed E-state index contributed by atoms with van der Waals surface area (Å²) < 4.78 is 0. The summed E-state index contributed by atoms with van der Waals surface area (Å²) >= 11 is 0. The predicted molar refractivity (Wildman–Crippen MR) is 72.4 cm³/mol. The molecule has 0 amide bonds. The van der Waals surface area contributed by atoms with Crippen molar-refractivity contribution >= 4 is 11.5 Å². The number of phenolic OH excluding ortho intramolecular Hbond substituents is 1. The van der Waals surface area contributed by atoms with Crippen LogP contribution < -0.4 is 5.32 Å². The van der Waals surface area contributed by atoms with E-state index >= 15 is 0 Å². The first-order valence-electron chi connectivity index (χ1n) is 6.19. The van der Waals surface area contributed by atoms with E-state index < -0.39 is 0 Å². The molecule has 0 spiro atoms. The van der Waals surface area contributed by atoms with Crippen molar-refractivity contribution < 1.29 is 9.90 Å². The number of nitrogens with one attached hydrogen (secondary N) is 1. The van der Waals surface area contributed by atoms with Gasteiger partial charge in [-0.15, -0.1) is 0 Å². The molecule has 0 saturated carbocycles. The average molecular weight is 254 g/mol. The Hall–Kier alpha value is -2.36. The van der Waals surface area contributed by atoms with Crippen LogP contribution in [0.2, 0.25) is 0 Å². The van der Waals surface area contributed by atoms with E-state index in [1.54, 1.807) is 24.4 Å². The molecule has 1 aliphatic rings. The van der Waals surface area contributed by atoms with Crippen LogP contribution in [-0.2, 0) is 6.42 Å². The molecule has 0 fully saturated rings. The Kier molecular flexibility index (Phi) is 2.71. The number of phenols is 1. The van der Waals surface area contributed by atoms with E-state index in [9.17, 15) is 9.90 Å². The quantitative estimate of drug-likeness (QED) is 0.639. The number of carbonyl (C=O) groups is 1. The molecule has 2 N–H and O–H groups in total. The minimum Gasteiger partial charge on any atom is -0.508 e. The number of aromatic hydroxyl groups is 1. The third kappa shape index (κ3) is 2.17. The fraction of sp³-hybridized carbons (Fsp3) is 0.200. The largest absolute Gasteiger partial charge is 0.508 e. The standard InChI is InChI=1S/C15H14N2O2/c1-9(18)10-2-4-14(16-8-10)15-7-11-6-12(19)3-5-13(11)17-15/h2-6,8,15,17,19H,7H2,1H3. The zero-order chi connectivity index (χ0) is 13.4. The number of rotatable bonds is 2. The lowest BCUT2D eigenvalue weighted by Crippen LogP contribution is -2.08. The van der Waals surface area contributed by atoms with Crippen LogP contribution >= 0.6 is 0 Å². The molecule has 0 radical (unpaired) electrons. The minimum absolute atomic E-state index is 0.0200. The maximum Gasteiger partial charge on any atom is 0.161 e. The topological polar surface area (TPSA) is 62.2 Å². The van der Waals surface area contributed by atoms with E-state index in [-0.39, 0.29) is 17.6 Å². The Labute approximate surface area is 111 Å². The summed E-state index contributed by atoms with van der Waals surface area (Å²) in [7, 11) is 0. The summed E-state index contributed by atoms with van der Waals surface area (Å²) in [6.45, 7) is 1.53. The van der Waals surface area contributed by atoms with Crippen LogP contribution in [0.1, 0.15) is 34.6 Å². The van der Waals surface area contributed by atoms with Crippen LogP contribution in [0, 0.1) is 0 Å². The van der Waals surface area contributed by atoms with Gasteiger partial charge in [-0.25, -0.2) is 0 Å². The summed E-state index contributed by atoms with van der Waals surface area (Å²) in [5.41, 5.74) is 3.64. The van der Waals surface area contributed by atoms with Crippen molar-refractivity contribution in [1.29, 1.82) is 0 Å². The van der Waals surface area contributed by atoms with E-state index in [2.05, 4.69) is 10.3 Å². The SMILES string of the molecule is CC(=O)c1ccc(C2Cc3cc(O)ccc3N2)nc1. The summed E-state index contributed by atoms with van der Waals surface area (Å²) in [6.07, 6.45) is 2.40. The van der Waals surface area contributed by atoms with Gasteiger partial charge in [-0.3, -0.25) is 9.78 Å². The molecule has 96 valence electrons. The number of hydrogen-bond acceptors (Lipinski definition) is 4. The van der Waals surface area contributed by atoms with Crippen molar-refractivity contribution in [3.63, 3.8) is 0 Å². The van der Waals surface area contributed by atoms with Gasteiger partial charge in [0.1, 0.15) is 5.75 Å². The number of anilines is 1. The van der Waals surface area contributed by atoms with Crippen molar-refractivity contribution in [2.75, 3.05) is 5.32 Å². The maximum absolute atomic E-state index is 11.2. The Morgan fingerprint density at radius 3 is 2.89 bits per heavy atom. The molecule has 1 aromatic heterocycles. The average Bonchev–Trinajstić information content (AvgIpc) is 2.81. The van der Waals surface area contributed by atoms with E-state index in [0.717, 1.165) is 23.4 Å². The highest BCUT2D eigenvalue weighted by atomic mass is 16.3. The highest BCUT2D eigenvalue weighted by Crippen LogP contribution is 2.35. The van der Waals surface area contributed by atoms with Crippen molar-refractivity contribution in [2.24, 2.45) is 0 Å². The molecule has 1 aromatic carbocycles. The molecule has 2 aromatic rings. The minimum atomic E-state index is 0.0200. The lowest BCUT2D eigenvalue weighted by atomic mass is 10.1. The van der Waals surface area contributed by atoms with Crippen LogP contribution in [0.5, 0.6) is 5.75 Å². The summed E-state index contributed by atoms with van der Waals surface area (Å²) in [4.78, 5) is 15.6. The van der Waals surface area contributed by atoms with Gasteiger partial charge >= 0.3 is 0 Å². The number of pyridine rings is 1. The first-order chi connectivity index (χ1) is 9.13. The highest BCUT2D eigenvalue weighted by molar-refractivity contribution is 5.93. The van der Waals surface area contributed by atoms with Gasteiger partial charge < -0.3 is 10.4 Å². The zero-order valence-corrected chi connectivity index (χ0v) is 10.6. The third-order valence-electron chi connectivity index (χ3n) is 3.39. The predicted octanol–water partition coefficient (Wildman–Crippen LogP) is 2.70. The van der Waals surface area contributed by atoms with Crippen LogP contribution in [0.3, 0.4) is 0 Å². The number of carbonyl (C=O) groups excluding carboxylic acids is 1. The molecular weight excluding hydrogens is 240 g/mol. The molecule has 1 aliphatic heterocycles. The third-order valence-corrected chi connectivity index (χ3v) is 3.39. The highest BCUT2D eigenvalue weighted by Gasteiger charge is 2.23. The molecule has 0 aliphatic carbocycles. The van der Waals surface area contributed by atoms with E-state index in [1.807, 2.05) is 12.1 Å². The van der Waals surface area contributed by atoms with Crippen molar-refractivity contribution in [3.05, 3.63) is 53.3 Å². The van der Waals surface area contributed by atoms with Gasteiger partial charge in [0.2, 0.25) is 0 Å². The molecule has 19 heavy (non-hydrogen) atoms. The Balaban J connectivity index is 1.84. The van der Waals surface area contributed by atoms with Gasteiger partial charge in [-0.1, -0.05) is 0 Å². The monoisotopic (exact) mass is 254 g/mol. The maximum atomic E-state index is 11.2. The molecule has 1 atom stereocenters. The van der Waals surface area contributed by atoms with Crippen molar-refractivity contribution in [3.8, 4) is 5.75 Å². The number of ketones is 1. The summed E-state index contributed by atoms with van der Waals surface area (Å²) in [5, 5.41) is 12.8. The second-order valence-corrected chi connectivity index (χ2v) is 4.77. The molecule has 3 rings (SSSR count). The van der Waals surface area contributed by atoms with E-state index in [1.165, 1.54) is 6.92 Å². The van der Waals surface area contributed by atoms with Gasteiger partial charge in [0, 0.05) is 23.9 Å². The Morgan fingerprint density at radius 2 is 2.21 bits per heavy atom. The second kappa shape index (κ2) is 4.39. The number of nitrogens with zero attached hydrogens (tertiary/aromatic N) is 1. The van der Waals surface area contributed by atoms with E-state index in [4.69, 9.17) is 0 Å². The molecular formula is C15H14N2O2. The van der Waals surface area contributed by atoms with Gasteiger partial charge in [0.25, 0.3) is 0 Å². The van der Waals surface area contributed by atoms with Crippen LogP contribution in [0.15, 0.2) is 36.5 Å². The molecule has 4 nitrogen and oxygen atoms in total. The molecule has 0 saturated heterocycles. The Bertz CT molecular complexity index is 635. The smallest absolute Gasteiger partial charge is 0.161 e. The number of benzene rings is 1.